The van der Waals surface area contributed by atoms with Gasteiger partial charge in [-0.15, -0.1) is 0 Å². The lowest BCUT2D eigenvalue weighted by molar-refractivity contribution is 0.217. The molecule has 0 aliphatic rings. The molecule has 12 heteroatoms. The van der Waals surface area contributed by atoms with E-state index in [2.05, 4.69) is 14.9 Å². The van der Waals surface area contributed by atoms with Gasteiger partial charge in [0, 0.05) is 29.5 Å². The van der Waals surface area contributed by atoms with Gasteiger partial charge in [-0.2, -0.15) is 0 Å². The molecule has 0 amide bonds. The molecule has 1 unspecified atom stereocenters. The summed E-state index contributed by atoms with van der Waals surface area (Å²) in [5.41, 5.74) is 0.954. The molecule has 0 spiro atoms. The number of aliphatic hydroxyl groups is 1. The maximum atomic E-state index is 12.1. The quantitative estimate of drug-likeness (QED) is 0.424. The van der Waals surface area contributed by atoms with E-state index in [-0.39, 0.29) is 39.7 Å². The molecule has 1 aromatic carbocycles. The summed E-state index contributed by atoms with van der Waals surface area (Å²) in [6.07, 6.45) is 0.283. The summed E-state index contributed by atoms with van der Waals surface area (Å²) in [4.78, 5) is 4.18. The lowest BCUT2D eigenvalue weighted by Gasteiger charge is -2.15. The van der Waals surface area contributed by atoms with Gasteiger partial charge < -0.3 is 19.1 Å². The predicted molar refractivity (Wildman–Crippen MR) is 122 cm³/mol. The van der Waals surface area contributed by atoms with Crippen LogP contribution in [0, 0.1) is 5.92 Å². The Balaban J connectivity index is 1.86. The number of methoxy groups -OCH3 is 1. The van der Waals surface area contributed by atoms with Gasteiger partial charge in [0.2, 0.25) is 15.9 Å². The van der Waals surface area contributed by atoms with Crippen LogP contribution in [-0.2, 0) is 14.8 Å². The average molecular weight is 504 g/mol. The predicted octanol–water partition coefficient (Wildman–Crippen LogP) is 4.03. The maximum absolute atomic E-state index is 12.1. The SMILES string of the molecule is COCCS(=O)(=O)Nc1noc2cc(C(O)c3cnc(OCC(C)C)c(Cl)c3)c(Cl)cc12. The van der Waals surface area contributed by atoms with E-state index >= 15 is 0 Å². The van der Waals surface area contributed by atoms with Gasteiger partial charge in [0.05, 0.1) is 24.4 Å². The fourth-order valence-electron chi connectivity index (χ4n) is 2.77. The Morgan fingerprint density at radius 3 is 2.62 bits per heavy atom. The second-order valence-electron chi connectivity index (χ2n) is 7.48. The molecule has 0 radical (unpaired) electrons. The molecular formula is C20H23Cl2N3O6S. The highest BCUT2D eigenvalue weighted by Gasteiger charge is 2.22. The second-order valence-corrected chi connectivity index (χ2v) is 10.1. The topological polar surface area (TPSA) is 124 Å². The maximum Gasteiger partial charge on any atom is 0.236 e. The minimum absolute atomic E-state index is 0.00425. The number of hydrogen-bond donors (Lipinski definition) is 2. The summed E-state index contributed by atoms with van der Waals surface area (Å²) in [6.45, 7) is 4.49. The van der Waals surface area contributed by atoms with E-state index in [1.165, 1.54) is 25.4 Å². The summed E-state index contributed by atoms with van der Waals surface area (Å²) in [5.74, 6) is 0.335. The van der Waals surface area contributed by atoms with Crippen LogP contribution in [0.3, 0.4) is 0 Å². The van der Waals surface area contributed by atoms with Crippen molar-refractivity contribution in [3.05, 3.63) is 45.6 Å². The van der Waals surface area contributed by atoms with Crippen LogP contribution in [0.5, 0.6) is 5.88 Å². The third-order valence-electron chi connectivity index (χ3n) is 4.39. The van der Waals surface area contributed by atoms with E-state index in [1.54, 1.807) is 6.07 Å². The lowest BCUT2D eigenvalue weighted by Crippen LogP contribution is -2.19. The highest BCUT2D eigenvalue weighted by molar-refractivity contribution is 7.92. The average Bonchev–Trinajstić information content (AvgIpc) is 3.11. The second kappa shape index (κ2) is 10.2. The minimum Gasteiger partial charge on any atom is -0.476 e. The largest absolute Gasteiger partial charge is 0.476 e. The normalized spacial score (nSPS) is 13.0. The zero-order chi connectivity index (χ0) is 23.5. The smallest absolute Gasteiger partial charge is 0.236 e. The van der Waals surface area contributed by atoms with E-state index < -0.39 is 16.1 Å². The van der Waals surface area contributed by atoms with Crippen molar-refractivity contribution in [3.63, 3.8) is 0 Å². The van der Waals surface area contributed by atoms with Crippen LogP contribution in [0.4, 0.5) is 5.82 Å². The molecule has 0 saturated heterocycles. The van der Waals surface area contributed by atoms with Gasteiger partial charge in [0.25, 0.3) is 0 Å². The monoisotopic (exact) mass is 503 g/mol. The Labute approximate surface area is 195 Å². The van der Waals surface area contributed by atoms with E-state index in [1.807, 2.05) is 13.8 Å². The fourth-order valence-corrected chi connectivity index (χ4v) is 4.20. The molecule has 2 aromatic heterocycles. The van der Waals surface area contributed by atoms with E-state index in [9.17, 15) is 13.5 Å². The molecule has 2 N–H and O–H groups in total. The molecule has 32 heavy (non-hydrogen) atoms. The van der Waals surface area contributed by atoms with Crippen LogP contribution < -0.4 is 9.46 Å². The van der Waals surface area contributed by atoms with Crippen molar-refractivity contribution in [3.8, 4) is 5.88 Å². The van der Waals surface area contributed by atoms with Crippen LogP contribution in [0.1, 0.15) is 31.1 Å². The molecule has 2 heterocycles. The van der Waals surface area contributed by atoms with Crippen LogP contribution in [0.25, 0.3) is 11.0 Å². The van der Waals surface area contributed by atoms with Gasteiger partial charge in [-0.05, 0) is 24.1 Å². The molecule has 174 valence electrons. The number of hydrogen-bond acceptors (Lipinski definition) is 8. The van der Waals surface area contributed by atoms with Gasteiger partial charge in [0.15, 0.2) is 11.4 Å². The van der Waals surface area contributed by atoms with Crippen molar-refractivity contribution in [2.75, 3.05) is 30.8 Å². The number of rotatable bonds is 10. The number of pyridine rings is 1. The van der Waals surface area contributed by atoms with Gasteiger partial charge in [0.1, 0.15) is 11.1 Å². The summed E-state index contributed by atoms with van der Waals surface area (Å²) in [7, 11) is -2.28. The number of aliphatic hydroxyl groups excluding tert-OH is 1. The Hall–Kier alpha value is -2.11. The summed E-state index contributed by atoms with van der Waals surface area (Å²) in [5, 5.41) is 15.4. The molecule has 0 aliphatic carbocycles. The van der Waals surface area contributed by atoms with Crippen molar-refractivity contribution in [2.45, 2.75) is 20.0 Å². The van der Waals surface area contributed by atoms with E-state index in [0.29, 0.717) is 29.0 Å². The lowest BCUT2D eigenvalue weighted by atomic mass is 10.0. The molecule has 1 atom stereocenters. The zero-order valence-corrected chi connectivity index (χ0v) is 20.0. The number of fused-ring (bicyclic) bond motifs is 1. The van der Waals surface area contributed by atoms with E-state index in [4.69, 9.17) is 37.2 Å². The standard InChI is InChI=1S/C20H23Cl2N3O6S/c1-11(2)10-30-20-16(22)6-12(9-23-20)18(26)13-8-17-14(7-15(13)21)19(24-31-17)25-32(27,28)5-4-29-3/h6-9,11,18,26H,4-5,10H2,1-3H3,(H,24,25). The number of benzene rings is 1. The Morgan fingerprint density at radius 1 is 1.22 bits per heavy atom. The van der Waals surface area contributed by atoms with Crippen LogP contribution in [-0.4, -0.2) is 49.7 Å². The Morgan fingerprint density at radius 2 is 1.97 bits per heavy atom. The van der Waals surface area contributed by atoms with Crippen molar-refractivity contribution in [2.24, 2.45) is 5.92 Å². The molecule has 0 aliphatic heterocycles. The summed E-state index contributed by atoms with van der Waals surface area (Å²) in [6, 6.07) is 4.50. The Bertz CT molecular complexity index is 1200. The molecular weight excluding hydrogens is 481 g/mol. The van der Waals surface area contributed by atoms with Crippen molar-refractivity contribution < 1.29 is 27.5 Å². The molecule has 0 bridgehead atoms. The number of nitrogens with one attached hydrogen (secondary N) is 1. The molecule has 0 saturated carbocycles. The fraction of sp³-hybridized carbons (Fsp3) is 0.400. The molecule has 3 rings (SSSR count). The van der Waals surface area contributed by atoms with Gasteiger partial charge in [-0.3, -0.25) is 4.72 Å². The van der Waals surface area contributed by atoms with Crippen molar-refractivity contribution >= 4 is 50.0 Å². The molecule has 0 fully saturated rings. The number of anilines is 1. The van der Waals surface area contributed by atoms with Gasteiger partial charge in [-0.25, -0.2) is 13.4 Å². The molecule has 9 nitrogen and oxygen atoms in total. The first-order chi connectivity index (χ1) is 15.1. The third kappa shape index (κ3) is 5.81. The van der Waals surface area contributed by atoms with E-state index in [0.717, 1.165) is 0 Å². The number of sulfonamides is 1. The summed E-state index contributed by atoms with van der Waals surface area (Å²) >= 11 is 12.6. The van der Waals surface area contributed by atoms with Crippen LogP contribution in [0.2, 0.25) is 10.0 Å². The van der Waals surface area contributed by atoms with Crippen molar-refractivity contribution in [1.82, 2.24) is 10.1 Å². The molecule has 3 aromatic rings. The van der Waals surface area contributed by atoms with Gasteiger partial charge in [-0.1, -0.05) is 42.2 Å². The number of aromatic nitrogens is 2. The highest BCUT2D eigenvalue weighted by atomic mass is 35.5. The zero-order valence-electron chi connectivity index (χ0n) is 17.6. The first-order valence-electron chi connectivity index (χ1n) is 9.66. The Kier molecular flexibility index (Phi) is 7.84. The number of halogens is 2. The minimum atomic E-state index is -3.68. The van der Waals surface area contributed by atoms with Crippen LogP contribution >= 0.6 is 23.2 Å². The van der Waals surface area contributed by atoms with Crippen LogP contribution in [0.15, 0.2) is 28.9 Å². The number of ether oxygens (including phenoxy) is 2. The highest BCUT2D eigenvalue weighted by Crippen LogP contribution is 2.36. The third-order valence-corrected chi connectivity index (χ3v) is 6.20. The number of nitrogens with zero attached hydrogens (tertiary/aromatic N) is 2. The van der Waals surface area contributed by atoms with Crippen molar-refractivity contribution in [1.29, 1.82) is 0 Å². The van der Waals surface area contributed by atoms with Gasteiger partial charge >= 0.3 is 0 Å². The first-order valence-corrected chi connectivity index (χ1v) is 12.1. The first kappa shape index (κ1) is 24.5. The summed E-state index contributed by atoms with van der Waals surface area (Å²) < 4.78 is 42.1.